The quantitative estimate of drug-likeness (QED) is 0.336. The number of epoxide rings is 1. The van der Waals surface area contributed by atoms with E-state index >= 15 is 0 Å². The van der Waals surface area contributed by atoms with Crippen molar-refractivity contribution in [3.05, 3.63) is 23.3 Å². The highest BCUT2D eigenvalue weighted by Gasteiger charge is 2.62. The summed E-state index contributed by atoms with van der Waals surface area (Å²) in [6.07, 6.45) is 5.88. The van der Waals surface area contributed by atoms with Gasteiger partial charge in [-0.1, -0.05) is 17.7 Å². The smallest absolute Gasteiger partial charge is 0.333 e. The summed E-state index contributed by atoms with van der Waals surface area (Å²) in [5.41, 5.74) is 1.50. The van der Waals surface area contributed by atoms with Gasteiger partial charge in [-0.05, 0) is 40.5 Å². The van der Waals surface area contributed by atoms with Crippen LogP contribution in [0.2, 0.25) is 0 Å². The molecule has 0 saturated carbocycles. The normalized spacial score (nSPS) is 41.4. The molecule has 2 aliphatic heterocycles. The van der Waals surface area contributed by atoms with Crippen molar-refractivity contribution in [3.63, 3.8) is 0 Å². The molecule has 0 amide bonds. The Morgan fingerprint density at radius 1 is 1.42 bits per heavy atom. The Kier molecular flexibility index (Phi) is 4.56. The molecule has 0 bridgehead atoms. The summed E-state index contributed by atoms with van der Waals surface area (Å²) in [4.78, 5) is 24.2. The molecule has 2 fully saturated rings. The maximum Gasteiger partial charge on any atom is 0.333 e. The van der Waals surface area contributed by atoms with Crippen LogP contribution >= 0.6 is 0 Å². The molecule has 0 aromatic rings. The van der Waals surface area contributed by atoms with Gasteiger partial charge in [-0.2, -0.15) is 0 Å². The molecule has 2 saturated heterocycles. The van der Waals surface area contributed by atoms with E-state index in [0.717, 1.165) is 12.8 Å². The molecule has 0 aromatic carbocycles. The van der Waals surface area contributed by atoms with Crippen LogP contribution < -0.4 is 0 Å². The van der Waals surface area contributed by atoms with E-state index in [4.69, 9.17) is 14.2 Å². The van der Waals surface area contributed by atoms with Crippen LogP contribution in [0.3, 0.4) is 0 Å². The second-order valence-corrected chi connectivity index (χ2v) is 7.38. The first kappa shape index (κ1) is 17.2. The van der Waals surface area contributed by atoms with Crippen molar-refractivity contribution in [2.45, 2.75) is 77.3 Å². The van der Waals surface area contributed by atoms with Crippen molar-refractivity contribution in [1.82, 2.24) is 0 Å². The van der Waals surface area contributed by atoms with Gasteiger partial charge in [0.2, 0.25) is 0 Å². The van der Waals surface area contributed by atoms with E-state index in [1.165, 1.54) is 5.57 Å². The zero-order valence-corrected chi connectivity index (χ0v) is 14.8. The van der Waals surface area contributed by atoms with Gasteiger partial charge in [-0.3, -0.25) is 4.79 Å². The van der Waals surface area contributed by atoms with Crippen LogP contribution in [0.25, 0.3) is 0 Å². The fourth-order valence-corrected chi connectivity index (χ4v) is 3.73. The summed E-state index contributed by atoms with van der Waals surface area (Å²) in [7, 11) is 0. The second-order valence-electron chi connectivity index (χ2n) is 7.38. The molecule has 3 aliphatic rings. The molecular formula is C19H26O5. The van der Waals surface area contributed by atoms with Crippen LogP contribution in [0.5, 0.6) is 0 Å². The van der Waals surface area contributed by atoms with E-state index in [-0.39, 0.29) is 48.2 Å². The van der Waals surface area contributed by atoms with Crippen molar-refractivity contribution in [2.24, 2.45) is 5.92 Å². The highest BCUT2D eigenvalue weighted by atomic mass is 16.6. The monoisotopic (exact) mass is 334 g/mol. The highest BCUT2D eigenvalue weighted by Crippen LogP contribution is 2.49. The molecule has 1 aliphatic carbocycles. The third kappa shape index (κ3) is 3.27. The Labute approximate surface area is 143 Å². The van der Waals surface area contributed by atoms with Gasteiger partial charge in [-0.25, -0.2) is 4.79 Å². The van der Waals surface area contributed by atoms with Crippen LogP contribution in [-0.4, -0.2) is 35.9 Å². The maximum absolute atomic E-state index is 12.3. The van der Waals surface area contributed by atoms with E-state index in [1.807, 2.05) is 13.8 Å². The highest BCUT2D eigenvalue weighted by molar-refractivity contribution is 5.87. The predicted molar refractivity (Wildman–Crippen MR) is 88.2 cm³/mol. The van der Waals surface area contributed by atoms with Crippen molar-refractivity contribution in [3.8, 4) is 0 Å². The Morgan fingerprint density at radius 2 is 2.17 bits per heavy atom. The minimum absolute atomic E-state index is 0.0928. The molecule has 0 N–H and O–H groups in total. The number of ether oxygens (including phenoxy) is 3. The lowest BCUT2D eigenvalue weighted by Gasteiger charge is -2.27. The zero-order valence-electron chi connectivity index (χ0n) is 14.8. The van der Waals surface area contributed by atoms with Crippen molar-refractivity contribution >= 4 is 11.9 Å². The van der Waals surface area contributed by atoms with Crippen LogP contribution in [0.15, 0.2) is 23.3 Å². The number of fused-ring (bicyclic) bond motifs is 3. The van der Waals surface area contributed by atoms with Crippen molar-refractivity contribution in [1.29, 1.82) is 0 Å². The molecule has 5 atom stereocenters. The van der Waals surface area contributed by atoms with Gasteiger partial charge < -0.3 is 14.2 Å². The Balaban J connectivity index is 1.87. The number of rotatable bonds is 2. The third-order valence-corrected chi connectivity index (χ3v) is 5.48. The standard InChI is InChI=1S/C19H26O5/c1-5-12(3)18(21)22-14-9-11(2)7-6-8-19(4)17(24-19)16-13(14)10-15(20)23-16/h5,7,13-14,16-17H,6,8-10H2,1-4H3/b11-7+,12-5-/t13-,14-,16+,17+,19-/m1/s1. The van der Waals surface area contributed by atoms with Crippen molar-refractivity contribution in [2.75, 3.05) is 0 Å². The van der Waals surface area contributed by atoms with Gasteiger partial charge >= 0.3 is 11.9 Å². The number of hydrogen-bond donors (Lipinski definition) is 0. The average Bonchev–Trinajstić information content (AvgIpc) is 3.03. The van der Waals surface area contributed by atoms with Gasteiger partial charge in [0.1, 0.15) is 18.3 Å². The van der Waals surface area contributed by atoms with Gasteiger partial charge in [0.25, 0.3) is 0 Å². The lowest BCUT2D eigenvalue weighted by atomic mass is 9.84. The summed E-state index contributed by atoms with van der Waals surface area (Å²) < 4.78 is 17.2. The van der Waals surface area contributed by atoms with E-state index in [0.29, 0.717) is 12.0 Å². The number of carbonyl (C=O) groups is 2. The molecule has 0 radical (unpaired) electrons. The van der Waals surface area contributed by atoms with Crippen LogP contribution in [0.4, 0.5) is 0 Å². The zero-order chi connectivity index (χ0) is 17.5. The number of allylic oxidation sites excluding steroid dienone is 2. The van der Waals surface area contributed by atoms with Gasteiger partial charge in [-0.15, -0.1) is 0 Å². The summed E-state index contributed by atoms with van der Waals surface area (Å²) >= 11 is 0. The molecule has 5 heteroatoms. The largest absolute Gasteiger partial charge is 0.459 e. The predicted octanol–water partition coefficient (Wildman–Crippen LogP) is 3.08. The molecular weight excluding hydrogens is 308 g/mol. The summed E-state index contributed by atoms with van der Waals surface area (Å²) in [5.74, 6) is -0.711. The molecule has 0 unspecified atom stereocenters. The Hall–Kier alpha value is -1.62. The van der Waals surface area contributed by atoms with Crippen LogP contribution in [0.1, 0.15) is 53.4 Å². The van der Waals surface area contributed by atoms with Crippen LogP contribution in [0, 0.1) is 5.92 Å². The topological polar surface area (TPSA) is 65.1 Å². The first-order chi connectivity index (χ1) is 11.3. The molecule has 5 nitrogen and oxygen atoms in total. The second kappa shape index (κ2) is 6.36. The number of esters is 2. The molecule has 2 heterocycles. The molecule has 24 heavy (non-hydrogen) atoms. The van der Waals surface area contributed by atoms with Crippen LogP contribution in [-0.2, 0) is 23.8 Å². The lowest BCUT2D eigenvalue weighted by molar-refractivity contribution is -0.148. The first-order valence-electron chi connectivity index (χ1n) is 8.71. The number of hydrogen-bond acceptors (Lipinski definition) is 5. The fourth-order valence-electron chi connectivity index (χ4n) is 3.73. The maximum atomic E-state index is 12.3. The lowest BCUT2D eigenvalue weighted by Crippen LogP contribution is -2.38. The van der Waals surface area contributed by atoms with Gasteiger partial charge in [0.15, 0.2) is 0 Å². The van der Waals surface area contributed by atoms with E-state index < -0.39 is 0 Å². The Bertz CT molecular complexity index is 605. The molecule has 132 valence electrons. The molecule has 3 rings (SSSR count). The van der Waals surface area contributed by atoms with Gasteiger partial charge in [0.05, 0.1) is 12.0 Å². The first-order valence-corrected chi connectivity index (χ1v) is 8.71. The third-order valence-electron chi connectivity index (χ3n) is 5.48. The average molecular weight is 334 g/mol. The van der Waals surface area contributed by atoms with Gasteiger partial charge in [0, 0.05) is 17.9 Å². The fraction of sp³-hybridized carbons (Fsp3) is 0.684. The van der Waals surface area contributed by atoms with Crippen molar-refractivity contribution < 1.29 is 23.8 Å². The summed E-state index contributed by atoms with van der Waals surface area (Å²) in [5, 5.41) is 0. The molecule has 0 spiro atoms. The van der Waals surface area contributed by atoms with E-state index in [9.17, 15) is 9.59 Å². The minimum Gasteiger partial charge on any atom is -0.459 e. The summed E-state index contributed by atoms with van der Waals surface area (Å²) in [6.45, 7) is 7.66. The SMILES string of the molecule is C/C=C(/C)C(=O)O[C@@H]1C/C(C)=C/CC[C@@]2(C)O[C@H]2[C@H]2OC(=O)C[C@@H]21. The summed E-state index contributed by atoms with van der Waals surface area (Å²) in [6, 6.07) is 0. The Morgan fingerprint density at radius 3 is 2.88 bits per heavy atom. The minimum atomic E-state index is -0.369. The number of carbonyl (C=O) groups excluding carboxylic acids is 2. The van der Waals surface area contributed by atoms with E-state index in [2.05, 4.69) is 13.0 Å². The molecule has 0 aromatic heterocycles. The van der Waals surface area contributed by atoms with E-state index in [1.54, 1.807) is 13.0 Å².